The van der Waals surface area contributed by atoms with E-state index in [9.17, 15) is 5.11 Å². The number of fused-ring (bicyclic) bond motifs is 2. The number of rotatable bonds is 2. The van der Waals surface area contributed by atoms with Crippen LogP contribution in [0.4, 0.5) is 0 Å². The van der Waals surface area contributed by atoms with E-state index in [1.807, 2.05) is 12.1 Å². The Morgan fingerprint density at radius 2 is 1.86 bits per heavy atom. The molecule has 1 N–H and O–H groups in total. The minimum absolute atomic E-state index is 0.493. The predicted octanol–water partition coefficient (Wildman–Crippen LogP) is 4.03. The summed E-state index contributed by atoms with van der Waals surface area (Å²) >= 11 is 1.79. The molecule has 4 rings (SSSR count). The first-order valence-corrected chi connectivity index (χ1v) is 8.68. The highest BCUT2D eigenvalue weighted by atomic mass is 32.1. The first kappa shape index (κ1) is 13.4. The van der Waals surface area contributed by atoms with Gasteiger partial charge in [-0.1, -0.05) is 6.07 Å². The summed E-state index contributed by atoms with van der Waals surface area (Å²) in [7, 11) is 0. The molecule has 0 bridgehead atoms. The van der Waals surface area contributed by atoms with Crippen molar-refractivity contribution in [2.24, 2.45) is 0 Å². The van der Waals surface area contributed by atoms with E-state index in [0.29, 0.717) is 0 Å². The van der Waals surface area contributed by atoms with Crippen LogP contribution in [0.15, 0.2) is 24.3 Å². The van der Waals surface area contributed by atoms with Gasteiger partial charge in [-0.2, -0.15) is 0 Å². The molecule has 0 amide bonds. The van der Waals surface area contributed by atoms with E-state index in [1.54, 1.807) is 11.3 Å². The van der Waals surface area contributed by atoms with Gasteiger partial charge in [-0.3, -0.25) is 0 Å². The van der Waals surface area contributed by atoms with Gasteiger partial charge >= 0.3 is 0 Å². The van der Waals surface area contributed by atoms with Crippen molar-refractivity contribution in [3.63, 3.8) is 0 Å². The van der Waals surface area contributed by atoms with Crippen molar-refractivity contribution in [2.75, 3.05) is 6.61 Å². The molecule has 0 saturated heterocycles. The Balaban J connectivity index is 1.64. The van der Waals surface area contributed by atoms with Crippen LogP contribution in [0.1, 0.15) is 51.8 Å². The summed E-state index contributed by atoms with van der Waals surface area (Å²) in [6, 6.07) is 8.37. The zero-order valence-corrected chi connectivity index (χ0v) is 12.9. The van der Waals surface area contributed by atoms with Crippen LogP contribution in [0.2, 0.25) is 0 Å². The van der Waals surface area contributed by atoms with E-state index in [4.69, 9.17) is 4.74 Å². The van der Waals surface area contributed by atoms with Gasteiger partial charge < -0.3 is 9.84 Å². The third-order valence-electron chi connectivity index (χ3n) is 4.53. The Bertz CT molecular complexity index is 636. The van der Waals surface area contributed by atoms with Gasteiger partial charge in [0.15, 0.2) is 0 Å². The van der Waals surface area contributed by atoms with Crippen LogP contribution in [-0.4, -0.2) is 11.7 Å². The van der Waals surface area contributed by atoms with Crippen molar-refractivity contribution in [3.05, 3.63) is 50.7 Å². The summed E-state index contributed by atoms with van der Waals surface area (Å²) in [6.07, 6.45) is 6.57. The lowest BCUT2D eigenvalue weighted by Crippen LogP contribution is -2.09. The third kappa shape index (κ3) is 2.49. The van der Waals surface area contributed by atoms with E-state index in [0.717, 1.165) is 35.6 Å². The van der Waals surface area contributed by atoms with Gasteiger partial charge in [0.1, 0.15) is 11.9 Å². The molecule has 2 nitrogen and oxygen atoms in total. The summed E-state index contributed by atoms with van der Waals surface area (Å²) in [5, 5.41) is 10.7. The van der Waals surface area contributed by atoms with E-state index in [-0.39, 0.29) is 0 Å². The molecule has 1 atom stereocenters. The second-order valence-electron chi connectivity index (χ2n) is 6.03. The van der Waals surface area contributed by atoms with Crippen LogP contribution in [0.3, 0.4) is 0 Å². The SMILES string of the molecule is OC(c1ccc2c(c1)CCCO2)c1cc2c(s1)CCCC2. The molecular weight excluding hydrogens is 280 g/mol. The van der Waals surface area contributed by atoms with Crippen molar-refractivity contribution in [2.45, 2.75) is 44.6 Å². The molecule has 3 heteroatoms. The maximum atomic E-state index is 10.7. The monoisotopic (exact) mass is 300 g/mol. The molecule has 1 aliphatic carbocycles. The largest absolute Gasteiger partial charge is 0.493 e. The topological polar surface area (TPSA) is 29.5 Å². The molecule has 0 saturated carbocycles. The minimum Gasteiger partial charge on any atom is -0.493 e. The number of thiophene rings is 1. The van der Waals surface area contributed by atoms with Gasteiger partial charge in [0.25, 0.3) is 0 Å². The molecule has 2 aromatic rings. The summed E-state index contributed by atoms with van der Waals surface area (Å²) in [6.45, 7) is 0.812. The average molecular weight is 300 g/mol. The molecule has 21 heavy (non-hydrogen) atoms. The highest BCUT2D eigenvalue weighted by Gasteiger charge is 2.20. The highest BCUT2D eigenvalue weighted by Crippen LogP contribution is 2.36. The zero-order valence-electron chi connectivity index (χ0n) is 12.1. The normalized spacial score (nSPS) is 18.5. The number of aliphatic hydroxyl groups is 1. The summed E-state index contributed by atoms with van der Waals surface area (Å²) in [5.74, 6) is 0.989. The third-order valence-corrected chi connectivity index (χ3v) is 5.82. The van der Waals surface area contributed by atoms with Gasteiger partial charge in [-0.25, -0.2) is 0 Å². The molecule has 2 aliphatic rings. The molecule has 1 aromatic heterocycles. The quantitative estimate of drug-likeness (QED) is 0.907. The zero-order chi connectivity index (χ0) is 14.2. The summed E-state index contributed by atoms with van der Waals surface area (Å²) in [4.78, 5) is 2.58. The number of benzene rings is 1. The van der Waals surface area contributed by atoms with E-state index in [2.05, 4.69) is 12.1 Å². The van der Waals surface area contributed by atoms with Gasteiger partial charge in [0, 0.05) is 9.75 Å². The molecule has 0 spiro atoms. The Morgan fingerprint density at radius 3 is 2.76 bits per heavy atom. The lowest BCUT2D eigenvalue weighted by atomic mass is 9.97. The van der Waals surface area contributed by atoms with Gasteiger partial charge in [0.2, 0.25) is 0 Å². The summed E-state index contributed by atoms with van der Waals surface area (Å²) < 4.78 is 5.65. The molecule has 110 valence electrons. The summed E-state index contributed by atoms with van der Waals surface area (Å²) in [5.41, 5.74) is 3.69. The van der Waals surface area contributed by atoms with Crippen molar-refractivity contribution in [3.8, 4) is 5.75 Å². The fourth-order valence-corrected chi connectivity index (χ4v) is 4.63. The second kappa shape index (κ2) is 5.47. The number of aryl methyl sites for hydroxylation is 3. The molecule has 1 unspecified atom stereocenters. The molecule has 0 radical (unpaired) electrons. The lowest BCUT2D eigenvalue weighted by Gasteiger charge is -2.19. The highest BCUT2D eigenvalue weighted by molar-refractivity contribution is 7.12. The Labute approximate surface area is 129 Å². The number of hydrogen-bond donors (Lipinski definition) is 1. The minimum atomic E-state index is -0.493. The Hall–Kier alpha value is -1.32. The first-order valence-electron chi connectivity index (χ1n) is 7.86. The first-order chi connectivity index (χ1) is 10.3. The van der Waals surface area contributed by atoms with Crippen LogP contribution in [0.25, 0.3) is 0 Å². The maximum absolute atomic E-state index is 10.7. The van der Waals surface area contributed by atoms with Crippen molar-refractivity contribution in [1.82, 2.24) is 0 Å². The number of hydrogen-bond acceptors (Lipinski definition) is 3. The van der Waals surface area contributed by atoms with Crippen LogP contribution in [0, 0.1) is 0 Å². The van der Waals surface area contributed by atoms with E-state index < -0.39 is 6.10 Å². The Kier molecular flexibility index (Phi) is 3.48. The van der Waals surface area contributed by atoms with Crippen molar-refractivity contribution in [1.29, 1.82) is 0 Å². The smallest absolute Gasteiger partial charge is 0.122 e. The lowest BCUT2D eigenvalue weighted by molar-refractivity contribution is 0.223. The van der Waals surface area contributed by atoms with Crippen LogP contribution < -0.4 is 4.74 Å². The molecule has 0 fully saturated rings. The van der Waals surface area contributed by atoms with E-state index >= 15 is 0 Å². The van der Waals surface area contributed by atoms with Crippen LogP contribution in [-0.2, 0) is 19.3 Å². The van der Waals surface area contributed by atoms with Crippen molar-refractivity contribution >= 4 is 11.3 Å². The molecule has 1 aromatic carbocycles. The maximum Gasteiger partial charge on any atom is 0.122 e. The second-order valence-corrected chi connectivity index (χ2v) is 7.19. The number of aliphatic hydroxyl groups excluding tert-OH is 1. The molecular formula is C18H20O2S. The Morgan fingerprint density at radius 1 is 1.00 bits per heavy atom. The molecule has 2 heterocycles. The van der Waals surface area contributed by atoms with Gasteiger partial charge in [-0.05, 0) is 73.4 Å². The van der Waals surface area contributed by atoms with Crippen molar-refractivity contribution < 1.29 is 9.84 Å². The van der Waals surface area contributed by atoms with Gasteiger partial charge in [0.05, 0.1) is 6.61 Å². The van der Waals surface area contributed by atoms with Crippen LogP contribution >= 0.6 is 11.3 Å². The van der Waals surface area contributed by atoms with Crippen LogP contribution in [0.5, 0.6) is 5.75 Å². The standard InChI is InChI=1S/C18H20O2S/c19-18(17-11-13-4-1-2-6-16(13)21-17)14-7-8-15-12(10-14)5-3-9-20-15/h7-8,10-11,18-19H,1-6,9H2. The number of ether oxygens (including phenoxy) is 1. The van der Waals surface area contributed by atoms with E-state index in [1.165, 1.54) is 41.7 Å². The fourth-order valence-electron chi connectivity index (χ4n) is 3.36. The fraction of sp³-hybridized carbons (Fsp3) is 0.444. The average Bonchev–Trinajstić information content (AvgIpc) is 2.97. The predicted molar refractivity (Wildman–Crippen MR) is 85.3 cm³/mol. The van der Waals surface area contributed by atoms with Gasteiger partial charge in [-0.15, -0.1) is 11.3 Å². The molecule has 1 aliphatic heterocycles.